The van der Waals surface area contributed by atoms with E-state index in [0.29, 0.717) is 6.04 Å². The first-order valence-electron chi connectivity index (χ1n) is 4.57. The molecule has 1 atom stereocenters. The van der Waals surface area contributed by atoms with E-state index >= 15 is 0 Å². The molecule has 1 fully saturated rings. The van der Waals surface area contributed by atoms with Gasteiger partial charge in [-0.25, -0.2) is 0 Å². The fraction of sp³-hybridized carbons (Fsp3) is 0.889. The third kappa shape index (κ3) is 1.97. The van der Waals surface area contributed by atoms with Crippen molar-refractivity contribution in [2.75, 3.05) is 7.05 Å². The molecule has 0 spiro atoms. The summed E-state index contributed by atoms with van der Waals surface area (Å²) in [6.07, 6.45) is 4.82. The molecule has 12 heavy (non-hydrogen) atoms. The second-order valence-electron chi connectivity index (χ2n) is 3.62. The minimum Gasteiger partial charge on any atom is -0.480 e. The van der Waals surface area contributed by atoms with Gasteiger partial charge < -0.3 is 5.11 Å². The van der Waals surface area contributed by atoms with Crippen LogP contribution in [0.25, 0.3) is 0 Å². The van der Waals surface area contributed by atoms with Crippen LogP contribution in [0, 0.1) is 0 Å². The Kier molecular flexibility index (Phi) is 3.09. The molecule has 1 rings (SSSR count). The Hall–Kier alpha value is -0.570. The first kappa shape index (κ1) is 9.52. The number of nitrogens with zero attached hydrogens (tertiary/aromatic N) is 1. The second-order valence-corrected chi connectivity index (χ2v) is 3.62. The standard InChI is InChI=1S/C9H17NO2/c1-7(9(11)12)10(2)8-5-3-4-6-8/h7-8H,3-6H2,1-2H3,(H,11,12). The van der Waals surface area contributed by atoms with Crippen LogP contribution in [0.3, 0.4) is 0 Å². The molecule has 0 aromatic carbocycles. The maximum absolute atomic E-state index is 10.7. The van der Waals surface area contributed by atoms with Crippen LogP contribution in [0.2, 0.25) is 0 Å². The van der Waals surface area contributed by atoms with Crippen molar-refractivity contribution >= 4 is 5.97 Å². The maximum atomic E-state index is 10.7. The van der Waals surface area contributed by atoms with E-state index in [2.05, 4.69) is 0 Å². The van der Waals surface area contributed by atoms with Crippen molar-refractivity contribution in [2.45, 2.75) is 44.7 Å². The lowest BCUT2D eigenvalue weighted by atomic mass is 10.2. The van der Waals surface area contributed by atoms with Crippen molar-refractivity contribution in [3.05, 3.63) is 0 Å². The lowest BCUT2D eigenvalue weighted by Crippen LogP contribution is -2.41. The molecular formula is C9H17NO2. The Balaban J connectivity index is 2.44. The molecule has 3 nitrogen and oxygen atoms in total. The summed E-state index contributed by atoms with van der Waals surface area (Å²) in [4.78, 5) is 12.6. The van der Waals surface area contributed by atoms with E-state index in [1.54, 1.807) is 6.92 Å². The van der Waals surface area contributed by atoms with E-state index in [1.165, 1.54) is 12.8 Å². The zero-order chi connectivity index (χ0) is 9.14. The van der Waals surface area contributed by atoms with E-state index in [0.717, 1.165) is 12.8 Å². The van der Waals surface area contributed by atoms with Crippen molar-refractivity contribution in [1.29, 1.82) is 0 Å². The molecule has 1 unspecified atom stereocenters. The SMILES string of the molecule is CC(C(=O)O)N(C)C1CCCC1. The number of hydrogen-bond donors (Lipinski definition) is 1. The average molecular weight is 171 g/mol. The monoisotopic (exact) mass is 171 g/mol. The summed E-state index contributed by atoms with van der Waals surface area (Å²) >= 11 is 0. The molecule has 1 aliphatic rings. The van der Waals surface area contributed by atoms with Crippen LogP contribution < -0.4 is 0 Å². The average Bonchev–Trinajstić information content (AvgIpc) is 2.53. The van der Waals surface area contributed by atoms with Gasteiger partial charge in [0.2, 0.25) is 0 Å². The first-order valence-corrected chi connectivity index (χ1v) is 4.57. The van der Waals surface area contributed by atoms with Crippen LogP contribution in [-0.2, 0) is 4.79 Å². The summed E-state index contributed by atoms with van der Waals surface area (Å²) in [5.74, 6) is -0.718. The predicted molar refractivity (Wildman–Crippen MR) is 47.1 cm³/mol. The van der Waals surface area contributed by atoms with Gasteiger partial charge in [0, 0.05) is 6.04 Å². The van der Waals surface area contributed by atoms with Gasteiger partial charge in [0.1, 0.15) is 6.04 Å². The number of carboxylic acid groups (broad SMARTS) is 1. The smallest absolute Gasteiger partial charge is 0.320 e. The van der Waals surface area contributed by atoms with Crippen molar-refractivity contribution in [2.24, 2.45) is 0 Å². The summed E-state index contributed by atoms with van der Waals surface area (Å²) in [6, 6.07) is 0.157. The van der Waals surface area contributed by atoms with Crippen LogP contribution in [0.1, 0.15) is 32.6 Å². The second kappa shape index (κ2) is 3.90. The van der Waals surface area contributed by atoms with Crippen LogP contribution >= 0.6 is 0 Å². The number of hydrogen-bond acceptors (Lipinski definition) is 2. The van der Waals surface area contributed by atoms with Crippen LogP contribution in [0.4, 0.5) is 0 Å². The molecule has 3 heteroatoms. The van der Waals surface area contributed by atoms with Gasteiger partial charge in [-0.15, -0.1) is 0 Å². The zero-order valence-corrected chi connectivity index (χ0v) is 7.79. The van der Waals surface area contributed by atoms with Crippen LogP contribution in [0.15, 0.2) is 0 Å². The molecule has 0 saturated heterocycles. The van der Waals surface area contributed by atoms with Crippen molar-refractivity contribution in [1.82, 2.24) is 4.90 Å². The highest BCUT2D eigenvalue weighted by Crippen LogP contribution is 2.23. The third-order valence-electron chi connectivity index (χ3n) is 2.87. The molecule has 0 amide bonds. The Bertz CT molecular complexity index is 164. The quantitative estimate of drug-likeness (QED) is 0.696. The normalized spacial score (nSPS) is 21.6. The molecule has 1 saturated carbocycles. The van der Waals surface area contributed by atoms with E-state index in [9.17, 15) is 4.79 Å². The molecule has 0 heterocycles. The fourth-order valence-electron chi connectivity index (χ4n) is 1.80. The van der Waals surface area contributed by atoms with Gasteiger partial charge in [-0.1, -0.05) is 12.8 Å². The highest BCUT2D eigenvalue weighted by molar-refractivity contribution is 5.72. The van der Waals surface area contributed by atoms with Gasteiger partial charge in [-0.2, -0.15) is 0 Å². The van der Waals surface area contributed by atoms with E-state index in [4.69, 9.17) is 5.11 Å². The van der Waals surface area contributed by atoms with Gasteiger partial charge in [0.25, 0.3) is 0 Å². The molecule has 1 aliphatic carbocycles. The van der Waals surface area contributed by atoms with Gasteiger partial charge in [0.15, 0.2) is 0 Å². The van der Waals surface area contributed by atoms with Crippen molar-refractivity contribution in [3.63, 3.8) is 0 Å². The number of rotatable bonds is 3. The Morgan fingerprint density at radius 3 is 2.42 bits per heavy atom. The highest BCUT2D eigenvalue weighted by Gasteiger charge is 2.26. The molecule has 0 radical (unpaired) electrons. The summed E-state index contributed by atoms with van der Waals surface area (Å²) < 4.78 is 0. The number of aliphatic carboxylic acids is 1. The lowest BCUT2D eigenvalue weighted by molar-refractivity contribution is -0.142. The molecular weight excluding hydrogens is 154 g/mol. The zero-order valence-electron chi connectivity index (χ0n) is 7.79. The number of likely N-dealkylation sites (N-methyl/N-ethyl adjacent to an activating group) is 1. The van der Waals surface area contributed by atoms with E-state index in [-0.39, 0.29) is 6.04 Å². The summed E-state index contributed by atoms with van der Waals surface area (Å²) in [7, 11) is 1.91. The summed E-state index contributed by atoms with van der Waals surface area (Å²) in [5, 5.41) is 8.77. The topological polar surface area (TPSA) is 40.5 Å². The van der Waals surface area contributed by atoms with E-state index in [1.807, 2.05) is 11.9 Å². The minimum atomic E-state index is -0.718. The minimum absolute atomic E-state index is 0.340. The first-order chi connectivity index (χ1) is 5.63. The lowest BCUT2D eigenvalue weighted by Gasteiger charge is -2.27. The summed E-state index contributed by atoms with van der Waals surface area (Å²) in [5.41, 5.74) is 0. The Morgan fingerprint density at radius 1 is 1.50 bits per heavy atom. The third-order valence-corrected chi connectivity index (χ3v) is 2.87. The summed E-state index contributed by atoms with van der Waals surface area (Å²) in [6.45, 7) is 1.75. The van der Waals surface area contributed by atoms with Gasteiger partial charge in [-0.3, -0.25) is 9.69 Å². The number of carbonyl (C=O) groups is 1. The molecule has 0 aromatic heterocycles. The predicted octanol–water partition coefficient (Wildman–Crippen LogP) is 1.33. The van der Waals surface area contributed by atoms with Crippen LogP contribution in [-0.4, -0.2) is 35.1 Å². The largest absolute Gasteiger partial charge is 0.480 e. The van der Waals surface area contributed by atoms with Crippen LogP contribution in [0.5, 0.6) is 0 Å². The highest BCUT2D eigenvalue weighted by atomic mass is 16.4. The van der Waals surface area contributed by atoms with Gasteiger partial charge in [-0.05, 0) is 26.8 Å². The number of carboxylic acids is 1. The van der Waals surface area contributed by atoms with Crippen molar-refractivity contribution < 1.29 is 9.90 Å². The molecule has 0 bridgehead atoms. The Morgan fingerprint density at radius 2 is 2.00 bits per heavy atom. The maximum Gasteiger partial charge on any atom is 0.320 e. The van der Waals surface area contributed by atoms with Crippen molar-refractivity contribution in [3.8, 4) is 0 Å². The molecule has 0 aromatic rings. The van der Waals surface area contributed by atoms with Gasteiger partial charge >= 0.3 is 5.97 Å². The molecule has 70 valence electrons. The van der Waals surface area contributed by atoms with Gasteiger partial charge in [0.05, 0.1) is 0 Å². The molecule has 1 N–H and O–H groups in total. The van der Waals surface area contributed by atoms with E-state index < -0.39 is 5.97 Å². The Labute approximate surface area is 73.4 Å². The molecule has 0 aliphatic heterocycles. The fourth-order valence-corrected chi connectivity index (χ4v) is 1.80.